The predicted molar refractivity (Wildman–Crippen MR) is 127 cm³/mol. The van der Waals surface area contributed by atoms with Crippen molar-refractivity contribution in [2.75, 3.05) is 45.3 Å². The normalized spacial score (nSPS) is 21.3. The zero-order valence-corrected chi connectivity index (χ0v) is 19.7. The number of hydrogen-bond donors (Lipinski definition) is 2. The number of Topliss-reactive ketones (excluding diaryl/α,β-unsaturated/α-hetero) is 1. The minimum Gasteiger partial charge on any atom is -0.383 e. The van der Waals surface area contributed by atoms with Crippen molar-refractivity contribution in [2.45, 2.75) is 31.7 Å². The number of rotatable bonds is 9. The highest BCUT2D eigenvalue weighted by atomic mass is 35.5. The van der Waals surface area contributed by atoms with Crippen molar-refractivity contribution < 1.29 is 18.7 Å². The van der Waals surface area contributed by atoms with Crippen LogP contribution in [0.5, 0.6) is 0 Å². The second kappa shape index (κ2) is 11.4. The van der Waals surface area contributed by atoms with Gasteiger partial charge in [-0.15, -0.1) is 0 Å². The van der Waals surface area contributed by atoms with Gasteiger partial charge in [-0.3, -0.25) is 9.78 Å². The Labute approximate surface area is 199 Å². The van der Waals surface area contributed by atoms with E-state index in [4.69, 9.17) is 21.1 Å². The summed E-state index contributed by atoms with van der Waals surface area (Å²) < 4.78 is 25.0. The summed E-state index contributed by atoms with van der Waals surface area (Å²) in [6, 6.07) is 6.98. The van der Waals surface area contributed by atoms with Crippen LogP contribution in [0.1, 0.15) is 25.0 Å². The molecule has 1 aromatic heterocycles. The van der Waals surface area contributed by atoms with E-state index >= 15 is 0 Å². The van der Waals surface area contributed by atoms with E-state index in [2.05, 4.69) is 15.6 Å². The highest BCUT2D eigenvalue weighted by molar-refractivity contribution is 6.33. The van der Waals surface area contributed by atoms with Crippen LogP contribution in [0.3, 0.4) is 0 Å². The largest absolute Gasteiger partial charge is 0.383 e. The maximum atomic E-state index is 14.5. The molecule has 1 aromatic carbocycles. The first-order chi connectivity index (χ1) is 16.0. The number of nitrogens with zero attached hydrogens (tertiary/aromatic N) is 1. The zero-order chi connectivity index (χ0) is 23.2. The molecule has 0 saturated carbocycles. The Kier molecular flexibility index (Phi) is 8.30. The molecular formula is C25H31ClFN3O3. The molecule has 0 spiro atoms. The Hall–Kier alpha value is -2.06. The standard InChI is InChI=1S/C25H31ClFN3O3/c1-32-15-20-8-18(13-28-20)25(31)11-19-10-21(22(26)14-29-19)17-2-3-23(27)24(9-17)30-12-16-4-6-33-7-5-16/h2-3,9-10,14,16,18,20,28,30H,4-8,11-13,15H2,1H3/t18-,20+/m1/s1. The minimum absolute atomic E-state index is 0.0436. The number of nitrogens with one attached hydrogen (secondary N) is 2. The van der Waals surface area contributed by atoms with Crippen molar-refractivity contribution in [3.63, 3.8) is 0 Å². The summed E-state index contributed by atoms with van der Waals surface area (Å²) in [5, 5.41) is 7.05. The summed E-state index contributed by atoms with van der Waals surface area (Å²) >= 11 is 6.44. The number of ketones is 1. The SMILES string of the molecule is COC[C@@H]1C[C@@H](C(=O)Cc2cc(-c3ccc(F)c(NCC4CCOCC4)c3)c(Cl)cn2)CN1. The third-order valence-electron chi connectivity index (χ3n) is 6.51. The third-order valence-corrected chi connectivity index (χ3v) is 6.81. The smallest absolute Gasteiger partial charge is 0.146 e. The molecule has 4 rings (SSSR count). The van der Waals surface area contributed by atoms with Crippen LogP contribution in [0.2, 0.25) is 5.02 Å². The quantitative estimate of drug-likeness (QED) is 0.568. The van der Waals surface area contributed by atoms with Gasteiger partial charge in [-0.2, -0.15) is 0 Å². The third kappa shape index (κ3) is 6.29. The molecule has 6 nitrogen and oxygen atoms in total. The highest BCUT2D eigenvalue weighted by Gasteiger charge is 2.29. The molecule has 2 aliphatic rings. The first-order valence-electron chi connectivity index (χ1n) is 11.5. The van der Waals surface area contributed by atoms with Gasteiger partial charge in [-0.1, -0.05) is 17.7 Å². The average molecular weight is 476 g/mol. The first kappa shape index (κ1) is 24.1. The molecule has 2 aromatic rings. The number of carbonyl (C=O) groups excluding carboxylic acids is 1. The topological polar surface area (TPSA) is 72.5 Å². The number of pyridine rings is 1. The maximum Gasteiger partial charge on any atom is 0.146 e. The number of ether oxygens (including phenoxy) is 2. The van der Waals surface area contributed by atoms with Gasteiger partial charge in [-0.05, 0) is 48.9 Å². The Morgan fingerprint density at radius 1 is 1.33 bits per heavy atom. The molecule has 178 valence electrons. The molecule has 3 heterocycles. The van der Waals surface area contributed by atoms with Gasteiger partial charge in [0, 0.05) is 69.2 Å². The number of halogens is 2. The average Bonchev–Trinajstić information content (AvgIpc) is 3.30. The van der Waals surface area contributed by atoms with E-state index in [1.54, 1.807) is 25.4 Å². The Morgan fingerprint density at radius 3 is 2.94 bits per heavy atom. The number of aromatic nitrogens is 1. The summed E-state index contributed by atoms with van der Waals surface area (Å²) in [4.78, 5) is 17.2. The van der Waals surface area contributed by atoms with Crippen LogP contribution in [-0.4, -0.2) is 56.8 Å². The fourth-order valence-electron chi connectivity index (χ4n) is 4.55. The zero-order valence-electron chi connectivity index (χ0n) is 18.9. The lowest BCUT2D eigenvalue weighted by Crippen LogP contribution is -2.26. The van der Waals surface area contributed by atoms with Gasteiger partial charge in [0.05, 0.1) is 17.3 Å². The highest BCUT2D eigenvalue weighted by Crippen LogP contribution is 2.31. The van der Waals surface area contributed by atoms with Crippen molar-refractivity contribution in [1.82, 2.24) is 10.3 Å². The second-order valence-corrected chi connectivity index (χ2v) is 9.33. The lowest BCUT2D eigenvalue weighted by molar-refractivity contribution is -0.121. The molecule has 2 fully saturated rings. The lowest BCUT2D eigenvalue weighted by atomic mass is 9.96. The number of anilines is 1. The number of hydrogen-bond acceptors (Lipinski definition) is 6. The van der Waals surface area contributed by atoms with Crippen LogP contribution in [0.15, 0.2) is 30.5 Å². The van der Waals surface area contributed by atoms with Crippen molar-refractivity contribution in [2.24, 2.45) is 11.8 Å². The molecule has 2 aliphatic heterocycles. The van der Waals surface area contributed by atoms with Crippen molar-refractivity contribution in [3.05, 3.63) is 47.0 Å². The Bertz CT molecular complexity index is 968. The Morgan fingerprint density at radius 2 is 2.15 bits per heavy atom. The maximum absolute atomic E-state index is 14.5. The van der Waals surface area contributed by atoms with Gasteiger partial charge in [0.25, 0.3) is 0 Å². The van der Waals surface area contributed by atoms with E-state index in [0.717, 1.165) is 43.6 Å². The van der Waals surface area contributed by atoms with E-state index in [1.165, 1.54) is 6.07 Å². The molecule has 2 saturated heterocycles. The molecule has 2 N–H and O–H groups in total. The molecule has 0 aliphatic carbocycles. The summed E-state index contributed by atoms with van der Waals surface area (Å²) in [6.45, 7) is 3.48. The van der Waals surface area contributed by atoms with Crippen LogP contribution in [-0.2, 0) is 20.7 Å². The fourth-order valence-corrected chi connectivity index (χ4v) is 4.76. The van der Waals surface area contributed by atoms with Gasteiger partial charge in [-0.25, -0.2) is 4.39 Å². The molecule has 2 atom stereocenters. The molecular weight excluding hydrogens is 445 g/mol. The van der Waals surface area contributed by atoms with E-state index in [0.29, 0.717) is 42.0 Å². The Balaban J connectivity index is 1.45. The molecule has 8 heteroatoms. The van der Waals surface area contributed by atoms with E-state index in [9.17, 15) is 9.18 Å². The second-order valence-electron chi connectivity index (χ2n) is 8.92. The van der Waals surface area contributed by atoms with Gasteiger partial charge in [0.15, 0.2) is 0 Å². The van der Waals surface area contributed by atoms with Crippen LogP contribution in [0.4, 0.5) is 10.1 Å². The van der Waals surface area contributed by atoms with Gasteiger partial charge in [0.1, 0.15) is 11.6 Å². The van der Waals surface area contributed by atoms with Crippen molar-refractivity contribution in [1.29, 1.82) is 0 Å². The van der Waals surface area contributed by atoms with E-state index in [1.807, 2.05) is 6.07 Å². The molecule has 0 unspecified atom stereocenters. The van der Waals surface area contributed by atoms with E-state index < -0.39 is 0 Å². The van der Waals surface area contributed by atoms with Crippen LogP contribution >= 0.6 is 11.6 Å². The fraction of sp³-hybridized carbons (Fsp3) is 0.520. The van der Waals surface area contributed by atoms with Crippen LogP contribution in [0, 0.1) is 17.7 Å². The van der Waals surface area contributed by atoms with E-state index in [-0.39, 0.29) is 30.0 Å². The van der Waals surface area contributed by atoms with Crippen LogP contribution in [0.25, 0.3) is 11.1 Å². The minimum atomic E-state index is -0.300. The molecule has 0 amide bonds. The lowest BCUT2D eigenvalue weighted by Gasteiger charge is -2.23. The van der Waals surface area contributed by atoms with Gasteiger partial charge in [0.2, 0.25) is 0 Å². The monoisotopic (exact) mass is 475 g/mol. The number of methoxy groups -OCH3 is 1. The molecule has 0 bridgehead atoms. The van der Waals surface area contributed by atoms with Gasteiger partial charge >= 0.3 is 0 Å². The van der Waals surface area contributed by atoms with Gasteiger partial charge < -0.3 is 20.1 Å². The summed E-state index contributed by atoms with van der Waals surface area (Å²) in [5.41, 5.74) is 2.64. The summed E-state index contributed by atoms with van der Waals surface area (Å²) in [6.07, 6.45) is 4.54. The predicted octanol–water partition coefficient (Wildman–Crippen LogP) is 4.12. The first-order valence-corrected chi connectivity index (χ1v) is 11.9. The summed E-state index contributed by atoms with van der Waals surface area (Å²) in [7, 11) is 1.66. The summed E-state index contributed by atoms with van der Waals surface area (Å²) in [5.74, 6) is 0.279. The van der Waals surface area contributed by atoms with Crippen molar-refractivity contribution in [3.8, 4) is 11.1 Å². The number of carbonyl (C=O) groups is 1. The van der Waals surface area contributed by atoms with Crippen LogP contribution < -0.4 is 10.6 Å². The number of benzene rings is 1. The van der Waals surface area contributed by atoms with Crippen molar-refractivity contribution >= 4 is 23.1 Å². The molecule has 33 heavy (non-hydrogen) atoms. The molecule has 0 radical (unpaired) electrons.